The average molecular weight is 280 g/mol. The Morgan fingerprint density at radius 1 is 1.53 bits per heavy atom. The van der Waals surface area contributed by atoms with E-state index in [-0.39, 0.29) is 11.8 Å². The van der Waals surface area contributed by atoms with Gasteiger partial charge in [-0.2, -0.15) is 5.10 Å². The molecule has 0 unspecified atom stereocenters. The van der Waals surface area contributed by atoms with Crippen LogP contribution in [0.2, 0.25) is 0 Å². The molecule has 2 N–H and O–H groups in total. The van der Waals surface area contributed by atoms with Crippen molar-refractivity contribution in [2.24, 2.45) is 17.8 Å². The van der Waals surface area contributed by atoms with E-state index in [0.717, 1.165) is 18.2 Å². The summed E-state index contributed by atoms with van der Waals surface area (Å²) < 4.78 is 2.53. The fourth-order valence-electron chi connectivity index (χ4n) is 3.65. The number of nitrogens with zero attached hydrogens (tertiary/aromatic N) is 2. The summed E-state index contributed by atoms with van der Waals surface area (Å²) in [6, 6.07) is 0. The van der Waals surface area contributed by atoms with E-state index >= 15 is 0 Å². The third-order valence-corrected chi connectivity index (χ3v) is 4.97. The molecule has 5 nitrogen and oxygen atoms in total. The summed E-state index contributed by atoms with van der Waals surface area (Å²) in [5, 5.41) is 9.87. The van der Waals surface area contributed by atoms with E-state index in [1.807, 2.05) is 11.5 Å². The number of fused-ring (bicyclic) bond motifs is 2. The van der Waals surface area contributed by atoms with Crippen LogP contribution in [0.3, 0.4) is 0 Å². The molecule has 19 heavy (non-hydrogen) atoms. The minimum Gasteiger partial charge on any atom is -0.354 e. The Labute approximate surface area is 117 Å². The number of aryl methyl sites for hydroxylation is 1. The van der Waals surface area contributed by atoms with Crippen LogP contribution in [0.15, 0.2) is 0 Å². The smallest absolute Gasteiger partial charge is 0.223 e. The zero-order valence-corrected chi connectivity index (χ0v) is 12.0. The molecule has 2 aliphatic rings. The first-order valence-electron chi connectivity index (χ1n) is 7.04. The molecule has 104 valence electrons. The second-order valence-electron chi connectivity index (χ2n) is 5.80. The standard InChI is InChI=1S/C13H20N4OS/c1-8-15-16-13(19)17(8)5-4-14-12(18)11-7-9-2-3-10(11)6-9/h9-11H,2-7H2,1H3,(H,14,18)(H,16,19)/t9-,10-,11-/m0/s1. The molecule has 0 aromatic carbocycles. The minimum atomic E-state index is 0.236. The van der Waals surface area contributed by atoms with Gasteiger partial charge in [0.2, 0.25) is 5.91 Å². The van der Waals surface area contributed by atoms with Crippen molar-refractivity contribution in [2.45, 2.75) is 39.2 Å². The van der Waals surface area contributed by atoms with Crippen LogP contribution in [0.5, 0.6) is 0 Å². The highest BCUT2D eigenvalue weighted by Gasteiger charge is 2.42. The van der Waals surface area contributed by atoms with Gasteiger partial charge in [-0.15, -0.1) is 0 Å². The Morgan fingerprint density at radius 2 is 2.37 bits per heavy atom. The topological polar surface area (TPSA) is 62.7 Å². The largest absolute Gasteiger partial charge is 0.354 e. The molecule has 3 atom stereocenters. The number of H-pyrrole nitrogens is 1. The lowest BCUT2D eigenvalue weighted by molar-refractivity contribution is -0.126. The molecule has 1 aromatic rings. The number of amides is 1. The summed E-state index contributed by atoms with van der Waals surface area (Å²) in [5.74, 6) is 2.81. The third-order valence-electron chi connectivity index (χ3n) is 4.66. The molecule has 1 aromatic heterocycles. The van der Waals surface area contributed by atoms with Crippen molar-refractivity contribution in [3.63, 3.8) is 0 Å². The number of rotatable bonds is 4. The van der Waals surface area contributed by atoms with Gasteiger partial charge in [0.25, 0.3) is 0 Å². The van der Waals surface area contributed by atoms with Gasteiger partial charge in [-0.05, 0) is 50.2 Å². The summed E-state index contributed by atoms with van der Waals surface area (Å²) in [6.07, 6.45) is 4.94. The van der Waals surface area contributed by atoms with Gasteiger partial charge >= 0.3 is 0 Å². The first kappa shape index (κ1) is 12.8. The molecule has 1 amide bonds. The van der Waals surface area contributed by atoms with Crippen molar-refractivity contribution in [3.05, 3.63) is 10.6 Å². The van der Waals surface area contributed by atoms with Gasteiger partial charge in [0, 0.05) is 19.0 Å². The quantitative estimate of drug-likeness (QED) is 0.827. The fourth-order valence-corrected chi connectivity index (χ4v) is 3.92. The van der Waals surface area contributed by atoms with Crippen LogP contribution in [0, 0.1) is 29.4 Å². The number of aromatic nitrogens is 3. The molecule has 2 aliphatic carbocycles. The predicted octanol–water partition coefficient (Wildman–Crippen LogP) is 1.80. The fraction of sp³-hybridized carbons (Fsp3) is 0.769. The van der Waals surface area contributed by atoms with Crippen LogP contribution < -0.4 is 5.32 Å². The number of hydrogen-bond acceptors (Lipinski definition) is 3. The highest BCUT2D eigenvalue weighted by Crippen LogP contribution is 2.48. The van der Waals surface area contributed by atoms with Gasteiger partial charge in [-0.25, -0.2) is 0 Å². The molecule has 2 bridgehead atoms. The highest BCUT2D eigenvalue weighted by molar-refractivity contribution is 7.71. The van der Waals surface area contributed by atoms with Crippen LogP contribution in [0.25, 0.3) is 0 Å². The molecule has 0 radical (unpaired) electrons. The summed E-state index contributed by atoms with van der Waals surface area (Å²) in [4.78, 5) is 12.2. The van der Waals surface area contributed by atoms with Crippen LogP contribution in [-0.4, -0.2) is 27.2 Å². The molecular weight excluding hydrogens is 260 g/mol. The highest BCUT2D eigenvalue weighted by atomic mass is 32.1. The maximum Gasteiger partial charge on any atom is 0.223 e. The summed E-state index contributed by atoms with van der Waals surface area (Å²) in [5.41, 5.74) is 0. The molecule has 0 spiro atoms. The number of nitrogens with one attached hydrogen (secondary N) is 2. The predicted molar refractivity (Wildman–Crippen MR) is 74.1 cm³/mol. The lowest BCUT2D eigenvalue weighted by Gasteiger charge is -2.20. The molecule has 2 saturated carbocycles. The Morgan fingerprint density at radius 3 is 2.95 bits per heavy atom. The zero-order chi connectivity index (χ0) is 13.4. The van der Waals surface area contributed by atoms with Crippen molar-refractivity contribution in [1.29, 1.82) is 0 Å². The Kier molecular flexibility index (Phi) is 3.43. The molecule has 6 heteroatoms. The Bertz CT molecular complexity index is 535. The van der Waals surface area contributed by atoms with Gasteiger partial charge < -0.3 is 9.88 Å². The second kappa shape index (κ2) is 5.07. The zero-order valence-electron chi connectivity index (χ0n) is 11.2. The van der Waals surface area contributed by atoms with Crippen LogP contribution >= 0.6 is 12.2 Å². The van der Waals surface area contributed by atoms with E-state index in [1.54, 1.807) is 0 Å². The molecule has 3 rings (SSSR count). The van der Waals surface area contributed by atoms with Crippen molar-refractivity contribution in [2.75, 3.05) is 6.54 Å². The van der Waals surface area contributed by atoms with E-state index in [4.69, 9.17) is 12.2 Å². The van der Waals surface area contributed by atoms with Crippen molar-refractivity contribution < 1.29 is 4.79 Å². The first-order valence-corrected chi connectivity index (χ1v) is 7.45. The van der Waals surface area contributed by atoms with E-state index in [0.29, 0.717) is 23.8 Å². The molecule has 1 heterocycles. The number of aromatic amines is 1. The summed E-state index contributed by atoms with van der Waals surface area (Å²) in [6.45, 7) is 3.22. The molecule has 0 aliphatic heterocycles. The molecule has 0 saturated heterocycles. The lowest BCUT2D eigenvalue weighted by atomic mass is 9.88. The van der Waals surface area contributed by atoms with E-state index in [1.165, 1.54) is 19.3 Å². The van der Waals surface area contributed by atoms with Crippen LogP contribution in [0.1, 0.15) is 31.5 Å². The van der Waals surface area contributed by atoms with E-state index in [2.05, 4.69) is 15.5 Å². The Balaban J connectivity index is 1.50. The van der Waals surface area contributed by atoms with Crippen molar-refractivity contribution in [1.82, 2.24) is 20.1 Å². The summed E-state index contributed by atoms with van der Waals surface area (Å²) in [7, 11) is 0. The monoisotopic (exact) mass is 280 g/mol. The second-order valence-corrected chi connectivity index (χ2v) is 6.19. The third kappa shape index (κ3) is 2.45. The number of carbonyl (C=O) groups is 1. The van der Waals surface area contributed by atoms with Gasteiger partial charge in [0.05, 0.1) is 0 Å². The average Bonchev–Trinajstić information content (AvgIpc) is 3.09. The van der Waals surface area contributed by atoms with Gasteiger partial charge in [0.15, 0.2) is 4.77 Å². The Hall–Kier alpha value is -1.17. The maximum absolute atomic E-state index is 12.2. The molecule has 2 fully saturated rings. The number of hydrogen-bond donors (Lipinski definition) is 2. The van der Waals surface area contributed by atoms with Gasteiger partial charge in [0.1, 0.15) is 5.82 Å². The van der Waals surface area contributed by atoms with Crippen LogP contribution in [-0.2, 0) is 11.3 Å². The SMILES string of the molecule is Cc1n[nH]c(=S)n1CCNC(=O)[C@H]1C[C@H]2CC[C@H]1C2. The van der Waals surface area contributed by atoms with Crippen LogP contribution in [0.4, 0.5) is 0 Å². The number of carbonyl (C=O) groups excluding carboxylic acids is 1. The lowest BCUT2D eigenvalue weighted by Crippen LogP contribution is -2.35. The van der Waals surface area contributed by atoms with Crippen molar-refractivity contribution in [3.8, 4) is 0 Å². The first-order chi connectivity index (χ1) is 9.15. The normalized spacial score (nSPS) is 28.8. The van der Waals surface area contributed by atoms with E-state index < -0.39 is 0 Å². The maximum atomic E-state index is 12.2. The van der Waals surface area contributed by atoms with Crippen molar-refractivity contribution >= 4 is 18.1 Å². The minimum absolute atomic E-state index is 0.236. The van der Waals surface area contributed by atoms with E-state index in [9.17, 15) is 4.79 Å². The summed E-state index contributed by atoms with van der Waals surface area (Å²) >= 11 is 5.13. The van der Waals surface area contributed by atoms with Gasteiger partial charge in [-0.1, -0.05) is 6.42 Å². The van der Waals surface area contributed by atoms with Gasteiger partial charge in [-0.3, -0.25) is 9.89 Å². The molecular formula is C13H20N4OS.